The van der Waals surface area contributed by atoms with Gasteiger partial charge in [-0.3, -0.25) is 5.32 Å². The molecule has 0 bridgehead atoms. The first-order valence-electron chi connectivity index (χ1n) is 6.32. The van der Waals surface area contributed by atoms with Crippen molar-refractivity contribution in [2.75, 3.05) is 0 Å². The van der Waals surface area contributed by atoms with Gasteiger partial charge >= 0.3 is 0 Å². The van der Waals surface area contributed by atoms with Gasteiger partial charge in [0.1, 0.15) is 5.76 Å². The smallest absolute Gasteiger partial charge is 0.152 e. The van der Waals surface area contributed by atoms with Crippen molar-refractivity contribution in [1.29, 1.82) is 0 Å². The molecule has 1 aromatic heterocycles. The Balaban J connectivity index is 1.86. The van der Waals surface area contributed by atoms with Gasteiger partial charge in [-0.15, -0.1) is 0 Å². The Labute approximate surface area is 116 Å². The van der Waals surface area contributed by atoms with E-state index in [1.165, 1.54) is 11.1 Å². The van der Waals surface area contributed by atoms with Crippen LogP contribution in [0.3, 0.4) is 0 Å². The fraction of sp³-hybridized carbons (Fsp3) is 0.125. The maximum atomic E-state index is 6.16. The van der Waals surface area contributed by atoms with E-state index in [-0.39, 0.29) is 6.04 Å². The average molecular weight is 270 g/mol. The Kier molecular flexibility index (Phi) is 2.40. The lowest BCUT2D eigenvalue weighted by Crippen LogP contribution is -2.12. The van der Waals surface area contributed by atoms with E-state index in [2.05, 4.69) is 35.6 Å². The second-order valence-electron chi connectivity index (χ2n) is 4.82. The van der Waals surface area contributed by atoms with Crippen LogP contribution in [-0.4, -0.2) is 0 Å². The maximum Gasteiger partial charge on any atom is 0.152 e. The van der Waals surface area contributed by atoms with E-state index < -0.39 is 0 Å². The molecule has 1 atom stereocenters. The molecule has 94 valence electrons. The number of furan rings is 1. The Morgan fingerprint density at radius 1 is 1.11 bits per heavy atom. The summed E-state index contributed by atoms with van der Waals surface area (Å²) in [5.74, 6) is 0.924. The summed E-state index contributed by atoms with van der Waals surface area (Å²) in [5.41, 5.74) is 3.39. The third-order valence-corrected chi connectivity index (χ3v) is 3.96. The van der Waals surface area contributed by atoms with Gasteiger partial charge in [-0.1, -0.05) is 48.0 Å². The molecule has 3 aromatic rings. The van der Waals surface area contributed by atoms with Gasteiger partial charge in [-0.25, -0.2) is 0 Å². The van der Waals surface area contributed by atoms with Crippen molar-refractivity contribution in [3.63, 3.8) is 0 Å². The maximum absolute atomic E-state index is 6.16. The van der Waals surface area contributed by atoms with E-state index in [1.807, 2.05) is 18.2 Å². The lowest BCUT2D eigenvalue weighted by Gasteiger charge is -2.08. The van der Waals surface area contributed by atoms with Crippen molar-refractivity contribution in [1.82, 2.24) is 5.32 Å². The predicted octanol–water partition coefficient (Wildman–Crippen LogP) is 4.28. The Hall–Kier alpha value is -1.77. The highest BCUT2D eigenvalue weighted by Gasteiger charge is 2.25. The van der Waals surface area contributed by atoms with Crippen LogP contribution in [-0.2, 0) is 6.54 Å². The Morgan fingerprint density at radius 2 is 2.00 bits per heavy atom. The molecule has 0 spiro atoms. The van der Waals surface area contributed by atoms with Gasteiger partial charge in [0.25, 0.3) is 0 Å². The van der Waals surface area contributed by atoms with Gasteiger partial charge < -0.3 is 4.42 Å². The highest BCUT2D eigenvalue weighted by atomic mass is 35.5. The fourth-order valence-corrected chi connectivity index (χ4v) is 2.96. The van der Waals surface area contributed by atoms with E-state index in [9.17, 15) is 0 Å². The lowest BCUT2D eigenvalue weighted by molar-refractivity contribution is 0.490. The molecule has 0 aliphatic carbocycles. The number of rotatable bonds is 1. The molecule has 2 nitrogen and oxygen atoms in total. The zero-order chi connectivity index (χ0) is 12.8. The number of hydrogen-bond acceptors (Lipinski definition) is 2. The van der Waals surface area contributed by atoms with Crippen molar-refractivity contribution in [3.05, 3.63) is 70.4 Å². The molecular formula is C16H12ClNO. The molecule has 0 fully saturated rings. The number of fused-ring (bicyclic) bond motifs is 2. The number of benzene rings is 2. The molecule has 19 heavy (non-hydrogen) atoms. The summed E-state index contributed by atoms with van der Waals surface area (Å²) in [4.78, 5) is 0. The lowest BCUT2D eigenvalue weighted by atomic mass is 10.0. The summed E-state index contributed by atoms with van der Waals surface area (Å²) in [6.07, 6.45) is 0. The summed E-state index contributed by atoms with van der Waals surface area (Å²) in [6.45, 7) is 0.881. The summed E-state index contributed by atoms with van der Waals surface area (Å²) in [6, 6.07) is 16.4. The van der Waals surface area contributed by atoms with Crippen molar-refractivity contribution in [2.24, 2.45) is 0 Å². The van der Waals surface area contributed by atoms with Crippen molar-refractivity contribution >= 4 is 22.6 Å². The van der Waals surface area contributed by atoms with Crippen LogP contribution in [0.2, 0.25) is 5.02 Å². The Bertz CT molecular complexity index is 762. The van der Waals surface area contributed by atoms with Crippen LogP contribution in [0.5, 0.6) is 0 Å². The molecule has 1 aliphatic rings. The molecule has 0 radical (unpaired) electrons. The topological polar surface area (TPSA) is 25.2 Å². The third-order valence-electron chi connectivity index (χ3n) is 3.66. The van der Waals surface area contributed by atoms with Crippen LogP contribution in [0.1, 0.15) is 22.9 Å². The van der Waals surface area contributed by atoms with Crippen molar-refractivity contribution in [2.45, 2.75) is 12.6 Å². The minimum absolute atomic E-state index is 0.125. The molecule has 1 aliphatic heterocycles. The molecule has 2 heterocycles. The van der Waals surface area contributed by atoms with Crippen LogP contribution in [0.4, 0.5) is 0 Å². The second kappa shape index (κ2) is 4.12. The van der Waals surface area contributed by atoms with Gasteiger partial charge in [0.15, 0.2) is 5.58 Å². The van der Waals surface area contributed by atoms with E-state index in [4.69, 9.17) is 16.0 Å². The first kappa shape index (κ1) is 11.1. The fourth-order valence-electron chi connectivity index (χ4n) is 2.74. The van der Waals surface area contributed by atoms with Crippen LogP contribution in [0.25, 0.3) is 11.0 Å². The van der Waals surface area contributed by atoms with E-state index in [0.717, 1.165) is 23.3 Å². The van der Waals surface area contributed by atoms with Gasteiger partial charge in [0.2, 0.25) is 0 Å². The third kappa shape index (κ3) is 1.68. The van der Waals surface area contributed by atoms with E-state index in [1.54, 1.807) is 0 Å². The van der Waals surface area contributed by atoms with Gasteiger partial charge in [0.05, 0.1) is 11.1 Å². The zero-order valence-electron chi connectivity index (χ0n) is 10.2. The molecule has 0 amide bonds. The molecule has 1 N–H and O–H groups in total. The summed E-state index contributed by atoms with van der Waals surface area (Å²) in [7, 11) is 0. The van der Waals surface area contributed by atoms with Crippen molar-refractivity contribution in [3.8, 4) is 0 Å². The highest BCUT2D eigenvalue weighted by molar-refractivity contribution is 6.34. The van der Waals surface area contributed by atoms with E-state index in [0.29, 0.717) is 5.02 Å². The number of halogens is 1. The highest BCUT2D eigenvalue weighted by Crippen LogP contribution is 2.35. The van der Waals surface area contributed by atoms with E-state index >= 15 is 0 Å². The molecular weight excluding hydrogens is 258 g/mol. The van der Waals surface area contributed by atoms with Gasteiger partial charge in [0, 0.05) is 11.9 Å². The van der Waals surface area contributed by atoms with Crippen LogP contribution in [0, 0.1) is 0 Å². The van der Waals surface area contributed by atoms with Crippen LogP contribution >= 0.6 is 11.6 Å². The molecule has 4 rings (SSSR count). The van der Waals surface area contributed by atoms with Crippen molar-refractivity contribution < 1.29 is 4.42 Å². The Morgan fingerprint density at radius 3 is 2.89 bits per heavy atom. The van der Waals surface area contributed by atoms with Gasteiger partial charge in [-0.05, 0) is 23.3 Å². The summed E-state index contributed by atoms with van der Waals surface area (Å²) in [5, 5.41) is 5.19. The number of nitrogens with one attached hydrogen (secondary N) is 1. The molecule has 1 unspecified atom stereocenters. The predicted molar refractivity (Wildman–Crippen MR) is 76.3 cm³/mol. The zero-order valence-corrected chi connectivity index (χ0v) is 10.9. The second-order valence-corrected chi connectivity index (χ2v) is 5.23. The average Bonchev–Trinajstić information content (AvgIpc) is 3.02. The molecule has 0 saturated heterocycles. The van der Waals surface area contributed by atoms with Crippen LogP contribution < -0.4 is 5.32 Å². The number of hydrogen-bond donors (Lipinski definition) is 1. The normalized spacial score (nSPS) is 17.8. The summed E-state index contributed by atoms with van der Waals surface area (Å²) >= 11 is 6.16. The monoisotopic (exact) mass is 269 g/mol. The molecule has 0 saturated carbocycles. The molecule has 3 heteroatoms. The largest absolute Gasteiger partial charge is 0.457 e. The van der Waals surface area contributed by atoms with Gasteiger partial charge in [-0.2, -0.15) is 0 Å². The first-order valence-corrected chi connectivity index (χ1v) is 6.70. The first-order chi connectivity index (χ1) is 9.33. The minimum atomic E-state index is 0.125. The summed E-state index contributed by atoms with van der Waals surface area (Å²) < 4.78 is 5.95. The minimum Gasteiger partial charge on any atom is -0.457 e. The standard InChI is InChI=1S/C16H12ClNO/c17-13-7-3-5-10-8-14(19-16(10)13)15-12-6-2-1-4-11(12)9-18-15/h1-8,15,18H,9H2. The SMILES string of the molecule is Clc1cccc2cc(C3NCc4ccccc43)oc12. The number of para-hydroxylation sites is 1. The quantitative estimate of drug-likeness (QED) is 0.713. The van der Waals surface area contributed by atoms with Crippen LogP contribution in [0.15, 0.2) is 52.9 Å². The molecule has 2 aromatic carbocycles.